The Morgan fingerprint density at radius 3 is 1.12 bits per heavy atom. The highest BCUT2D eigenvalue weighted by atomic mass is 16.6. The van der Waals surface area contributed by atoms with E-state index in [9.17, 15) is 9.59 Å². The highest BCUT2D eigenvalue weighted by Crippen LogP contribution is 2.19. The number of carbonyl (C=O) groups excluding carboxylic acids is 2. The van der Waals surface area contributed by atoms with E-state index < -0.39 is 6.04 Å². The molecule has 0 aliphatic rings. The van der Waals surface area contributed by atoms with Crippen LogP contribution in [0.4, 0.5) is 4.79 Å². The van der Waals surface area contributed by atoms with Gasteiger partial charge in [0.1, 0.15) is 6.10 Å². The van der Waals surface area contributed by atoms with Gasteiger partial charge in [-0.15, -0.1) is 0 Å². The first kappa shape index (κ1) is 48.7. The van der Waals surface area contributed by atoms with E-state index in [2.05, 4.69) is 24.5 Å². The molecule has 0 bridgehead atoms. The van der Waals surface area contributed by atoms with Crippen molar-refractivity contribution in [3.05, 3.63) is 0 Å². The second-order valence-corrected chi connectivity index (χ2v) is 15.3. The maximum Gasteiger partial charge on any atom is 0.407 e. The molecule has 298 valence electrons. The van der Waals surface area contributed by atoms with E-state index in [0.29, 0.717) is 26.1 Å². The van der Waals surface area contributed by atoms with Crippen molar-refractivity contribution in [2.45, 2.75) is 244 Å². The minimum atomic E-state index is -0.556. The van der Waals surface area contributed by atoms with Gasteiger partial charge in [0.05, 0.1) is 6.04 Å². The summed E-state index contributed by atoms with van der Waals surface area (Å²) in [4.78, 5) is 24.7. The summed E-state index contributed by atoms with van der Waals surface area (Å²) in [5.74, 6) is -0.201. The fraction of sp³-hybridized carbons (Fsp3) is 0.953. The van der Waals surface area contributed by atoms with Crippen molar-refractivity contribution in [3.63, 3.8) is 0 Å². The van der Waals surface area contributed by atoms with Gasteiger partial charge in [-0.3, -0.25) is 4.79 Å². The van der Waals surface area contributed by atoms with Crippen LogP contribution in [0, 0.1) is 0 Å². The fourth-order valence-corrected chi connectivity index (χ4v) is 6.89. The standard InChI is InChI=1S/C43H88N4O3/c1-3-5-7-9-11-13-15-17-19-21-23-25-27-29-31-34-40(50-43(49)47-39-38-46-42(48)41(45)36-33-37-44)35-32-30-28-26-24-22-20-18-16-14-12-10-8-6-4-2/h40-41H,3-39,44-45H2,1-2H3,(H,46,48)(H,47,49). The van der Waals surface area contributed by atoms with Crippen molar-refractivity contribution in [2.24, 2.45) is 11.5 Å². The van der Waals surface area contributed by atoms with Crippen molar-refractivity contribution in [3.8, 4) is 0 Å². The zero-order chi connectivity index (χ0) is 36.6. The van der Waals surface area contributed by atoms with E-state index >= 15 is 0 Å². The van der Waals surface area contributed by atoms with E-state index in [0.717, 1.165) is 32.1 Å². The summed E-state index contributed by atoms with van der Waals surface area (Å²) in [7, 11) is 0. The Labute approximate surface area is 311 Å². The Balaban J connectivity index is 4.16. The largest absolute Gasteiger partial charge is 0.446 e. The summed E-state index contributed by atoms with van der Waals surface area (Å²) in [6.07, 6.45) is 43.4. The van der Waals surface area contributed by atoms with Crippen LogP contribution in [0.25, 0.3) is 0 Å². The molecule has 6 N–H and O–H groups in total. The molecule has 7 heteroatoms. The number of rotatable bonds is 40. The van der Waals surface area contributed by atoms with Gasteiger partial charge in [0, 0.05) is 13.1 Å². The topological polar surface area (TPSA) is 119 Å². The molecule has 0 aliphatic heterocycles. The zero-order valence-electron chi connectivity index (χ0n) is 33.7. The smallest absolute Gasteiger partial charge is 0.407 e. The third kappa shape index (κ3) is 36.5. The lowest BCUT2D eigenvalue weighted by Crippen LogP contribution is -2.44. The van der Waals surface area contributed by atoms with Gasteiger partial charge in [-0.2, -0.15) is 0 Å². The van der Waals surface area contributed by atoms with Crippen LogP contribution in [0.15, 0.2) is 0 Å². The summed E-state index contributed by atoms with van der Waals surface area (Å²) in [6, 6.07) is -0.556. The van der Waals surface area contributed by atoms with Crippen LogP contribution in [0.1, 0.15) is 232 Å². The summed E-state index contributed by atoms with van der Waals surface area (Å²) < 4.78 is 5.90. The molecule has 7 nitrogen and oxygen atoms in total. The Morgan fingerprint density at radius 2 is 0.780 bits per heavy atom. The number of carbonyl (C=O) groups is 2. The van der Waals surface area contributed by atoms with Gasteiger partial charge in [-0.25, -0.2) is 4.79 Å². The van der Waals surface area contributed by atoms with E-state index in [1.807, 2.05) is 0 Å². The zero-order valence-corrected chi connectivity index (χ0v) is 33.7. The summed E-state index contributed by atoms with van der Waals surface area (Å²) in [6.45, 7) is 5.76. The summed E-state index contributed by atoms with van der Waals surface area (Å²) in [5.41, 5.74) is 11.4. The monoisotopic (exact) mass is 709 g/mol. The van der Waals surface area contributed by atoms with Gasteiger partial charge in [-0.05, 0) is 45.1 Å². The number of hydrogen-bond donors (Lipinski definition) is 4. The first-order valence-electron chi connectivity index (χ1n) is 22.2. The Morgan fingerprint density at radius 1 is 0.460 bits per heavy atom. The number of amides is 2. The molecule has 0 aromatic heterocycles. The number of unbranched alkanes of at least 4 members (excludes halogenated alkanes) is 28. The van der Waals surface area contributed by atoms with E-state index in [4.69, 9.17) is 16.2 Å². The third-order valence-corrected chi connectivity index (χ3v) is 10.3. The maximum atomic E-state index is 12.6. The quantitative estimate of drug-likeness (QED) is 0.0472. The van der Waals surface area contributed by atoms with Crippen LogP contribution in [0.5, 0.6) is 0 Å². The second kappa shape index (κ2) is 40.4. The first-order chi connectivity index (χ1) is 24.5. The molecule has 0 heterocycles. The number of nitrogens with one attached hydrogen (secondary N) is 2. The summed E-state index contributed by atoms with van der Waals surface area (Å²) in [5, 5.41) is 5.61. The lowest BCUT2D eigenvalue weighted by atomic mass is 10.0. The van der Waals surface area contributed by atoms with Crippen molar-refractivity contribution < 1.29 is 14.3 Å². The van der Waals surface area contributed by atoms with E-state index in [1.54, 1.807) is 0 Å². The average Bonchev–Trinajstić information content (AvgIpc) is 3.11. The number of alkyl carbamates (subject to hydrolysis) is 1. The predicted molar refractivity (Wildman–Crippen MR) is 217 cm³/mol. The van der Waals surface area contributed by atoms with Gasteiger partial charge >= 0.3 is 6.09 Å². The fourth-order valence-electron chi connectivity index (χ4n) is 6.89. The van der Waals surface area contributed by atoms with Crippen LogP contribution in [0.3, 0.4) is 0 Å². The normalized spacial score (nSPS) is 12.0. The Kier molecular flexibility index (Phi) is 39.3. The molecule has 1 atom stereocenters. The molecule has 0 spiro atoms. The van der Waals surface area contributed by atoms with Crippen molar-refractivity contribution in [1.82, 2.24) is 10.6 Å². The molecule has 1 unspecified atom stereocenters. The molecule has 50 heavy (non-hydrogen) atoms. The molecule has 0 fully saturated rings. The second-order valence-electron chi connectivity index (χ2n) is 15.3. The SMILES string of the molecule is CCCCCCCCCCCCCCCCCC(CCCCCCCCCCCCCCCCC)OC(=O)NCCNC(=O)C(N)CCCN. The maximum absolute atomic E-state index is 12.6. The third-order valence-electron chi connectivity index (χ3n) is 10.3. The highest BCUT2D eigenvalue weighted by Gasteiger charge is 2.15. The molecular formula is C43H88N4O3. The molecule has 0 aromatic carbocycles. The Hall–Kier alpha value is -1.34. The molecule has 0 radical (unpaired) electrons. The Bertz CT molecular complexity index is 674. The molecule has 0 aliphatic carbocycles. The average molecular weight is 709 g/mol. The van der Waals surface area contributed by atoms with Crippen LogP contribution in [0.2, 0.25) is 0 Å². The van der Waals surface area contributed by atoms with Crippen LogP contribution < -0.4 is 22.1 Å². The molecule has 0 aromatic rings. The lowest BCUT2D eigenvalue weighted by molar-refractivity contribution is -0.122. The van der Waals surface area contributed by atoms with Crippen LogP contribution in [-0.4, -0.2) is 43.8 Å². The number of nitrogens with two attached hydrogens (primary N) is 2. The summed E-state index contributed by atoms with van der Waals surface area (Å²) >= 11 is 0. The van der Waals surface area contributed by atoms with E-state index in [1.165, 1.54) is 180 Å². The number of ether oxygens (including phenoxy) is 1. The van der Waals surface area contributed by atoms with E-state index in [-0.39, 0.29) is 18.1 Å². The molecular weight excluding hydrogens is 620 g/mol. The number of hydrogen-bond acceptors (Lipinski definition) is 5. The van der Waals surface area contributed by atoms with Crippen molar-refractivity contribution in [2.75, 3.05) is 19.6 Å². The lowest BCUT2D eigenvalue weighted by Gasteiger charge is -2.19. The first-order valence-corrected chi connectivity index (χ1v) is 22.2. The molecule has 0 saturated carbocycles. The van der Waals surface area contributed by atoms with Gasteiger partial charge in [0.25, 0.3) is 0 Å². The minimum absolute atomic E-state index is 0.0294. The van der Waals surface area contributed by atoms with Gasteiger partial charge in [0.2, 0.25) is 5.91 Å². The van der Waals surface area contributed by atoms with Crippen LogP contribution >= 0.6 is 0 Å². The molecule has 2 amide bonds. The van der Waals surface area contributed by atoms with Crippen LogP contribution in [-0.2, 0) is 9.53 Å². The minimum Gasteiger partial charge on any atom is -0.446 e. The predicted octanol–water partition coefficient (Wildman–Crippen LogP) is 11.8. The van der Waals surface area contributed by atoms with Gasteiger partial charge in [0.15, 0.2) is 0 Å². The van der Waals surface area contributed by atoms with Gasteiger partial charge < -0.3 is 26.8 Å². The molecule has 0 saturated heterocycles. The highest BCUT2D eigenvalue weighted by molar-refractivity contribution is 5.81. The van der Waals surface area contributed by atoms with Crippen molar-refractivity contribution in [1.29, 1.82) is 0 Å². The van der Waals surface area contributed by atoms with Crippen molar-refractivity contribution >= 4 is 12.0 Å². The van der Waals surface area contributed by atoms with Gasteiger partial charge in [-0.1, -0.05) is 194 Å². The molecule has 0 rings (SSSR count).